The van der Waals surface area contributed by atoms with E-state index in [2.05, 4.69) is 25.9 Å². The Balaban J connectivity index is 1.83. The number of amides is 1. The lowest BCUT2D eigenvalue weighted by Crippen LogP contribution is -2.42. The number of nitrogens with one attached hydrogen (secondary N) is 3. The average Bonchev–Trinajstić information content (AvgIpc) is 2.71. The van der Waals surface area contributed by atoms with Gasteiger partial charge in [0.1, 0.15) is 24.1 Å². The zero-order valence-electron chi connectivity index (χ0n) is 16.4. The van der Waals surface area contributed by atoms with Crippen LogP contribution in [0.1, 0.15) is 13.8 Å². The Hall–Kier alpha value is -3.29. The highest BCUT2D eigenvalue weighted by atomic mass is 16.5. The van der Waals surface area contributed by atoms with Gasteiger partial charge in [0, 0.05) is 18.8 Å². The molecule has 0 radical (unpaired) electrons. The Morgan fingerprint density at radius 3 is 2.75 bits per heavy atom. The largest absolute Gasteiger partial charge is 0.497 e. The number of methoxy groups -OCH3 is 1. The lowest BCUT2D eigenvalue weighted by molar-refractivity contribution is -0.114. The Bertz CT molecular complexity index is 767. The summed E-state index contributed by atoms with van der Waals surface area (Å²) in [6, 6.07) is 11.0. The van der Waals surface area contributed by atoms with Gasteiger partial charge < -0.3 is 25.4 Å². The van der Waals surface area contributed by atoms with Crippen LogP contribution in [0.4, 0.5) is 5.69 Å². The summed E-state index contributed by atoms with van der Waals surface area (Å²) in [7, 11) is 1.62. The molecule has 8 nitrogen and oxygen atoms in total. The Labute approximate surface area is 165 Å². The van der Waals surface area contributed by atoms with E-state index in [1.165, 1.54) is 0 Å². The van der Waals surface area contributed by atoms with E-state index in [0.717, 1.165) is 11.5 Å². The lowest BCUT2D eigenvalue weighted by Gasteiger charge is -2.18. The molecule has 2 rings (SSSR count). The highest BCUT2D eigenvalue weighted by Gasteiger charge is 2.08. The van der Waals surface area contributed by atoms with Crippen LogP contribution in [0.2, 0.25) is 0 Å². The van der Waals surface area contributed by atoms with E-state index in [0.29, 0.717) is 24.7 Å². The van der Waals surface area contributed by atoms with Crippen LogP contribution in [0.5, 0.6) is 11.5 Å². The molecule has 0 bridgehead atoms. The maximum Gasteiger partial charge on any atom is 0.246 e. The topological polar surface area (TPSA) is 96.9 Å². The van der Waals surface area contributed by atoms with Crippen LogP contribution < -0.4 is 25.4 Å². The minimum absolute atomic E-state index is 0.00461. The normalized spacial score (nSPS) is 12.0. The number of benzene rings is 1. The number of pyridine rings is 1. The monoisotopic (exact) mass is 385 g/mol. The molecule has 0 spiro atoms. The van der Waals surface area contributed by atoms with Gasteiger partial charge in [-0.3, -0.25) is 9.78 Å². The van der Waals surface area contributed by atoms with E-state index in [4.69, 9.17) is 9.47 Å². The zero-order chi connectivity index (χ0) is 20.2. The molecule has 3 N–H and O–H groups in total. The van der Waals surface area contributed by atoms with Gasteiger partial charge in [-0.15, -0.1) is 0 Å². The summed E-state index contributed by atoms with van der Waals surface area (Å²) in [4.78, 5) is 20.3. The van der Waals surface area contributed by atoms with Crippen LogP contribution in [0.3, 0.4) is 0 Å². The molecule has 1 aromatic carbocycles. The number of anilines is 1. The van der Waals surface area contributed by atoms with Crippen molar-refractivity contribution in [3.05, 3.63) is 48.8 Å². The second kappa shape index (κ2) is 11.4. The van der Waals surface area contributed by atoms with Gasteiger partial charge in [-0.2, -0.15) is 0 Å². The molecule has 0 aliphatic heterocycles. The standard InChI is InChI=1S/C20H27N5O3/c1-4-22-20(24-14-19(26)25-16-7-6-10-21-13-16)23-12-15(2)28-18-9-5-8-17(11-18)27-3/h5-11,13,15H,4,12,14H2,1-3H3,(H,25,26)(H2,22,23,24). The third kappa shape index (κ3) is 7.53. The molecule has 8 heteroatoms. The third-order valence-electron chi connectivity index (χ3n) is 3.61. The number of aliphatic imine (C=N–C) groups is 1. The molecule has 150 valence electrons. The molecule has 1 amide bonds. The molecule has 1 atom stereocenters. The Morgan fingerprint density at radius 2 is 2.04 bits per heavy atom. The smallest absolute Gasteiger partial charge is 0.246 e. The van der Waals surface area contributed by atoms with Gasteiger partial charge in [0.05, 0.1) is 25.5 Å². The van der Waals surface area contributed by atoms with Crippen molar-refractivity contribution >= 4 is 17.6 Å². The van der Waals surface area contributed by atoms with Crippen LogP contribution >= 0.6 is 0 Å². The summed E-state index contributed by atoms with van der Waals surface area (Å²) < 4.78 is 11.1. The van der Waals surface area contributed by atoms with E-state index in [-0.39, 0.29) is 18.6 Å². The molecule has 1 aromatic heterocycles. The van der Waals surface area contributed by atoms with E-state index in [9.17, 15) is 4.79 Å². The number of guanidine groups is 1. The van der Waals surface area contributed by atoms with Crippen molar-refractivity contribution in [3.8, 4) is 11.5 Å². The van der Waals surface area contributed by atoms with Crippen molar-refractivity contribution in [2.24, 2.45) is 4.99 Å². The number of hydrogen-bond acceptors (Lipinski definition) is 5. The first kappa shape index (κ1) is 21.0. The van der Waals surface area contributed by atoms with Crippen molar-refractivity contribution < 1.29 is 14.3 Å². The minimum atomic E-state index is -0.217. The SMILES string of the molecule is CCNC(=NCC(=O)Nc1cccnc1)NCC(C)Oc1cccc(OC)c1. The molecule has 0 aliphatic carbocycles. The number of aromatic nitrogens is 1. The van der Waals surface area contributed by atoms with Crippen LogP contribution in [0.15, 0.2) is 53.8 Å². The van der Waals surface area contributed by atoms with Crippen molar-refractivity contribution in [1.82, 2.24) is 15.6 Å². The summed E-state index contributed by atoms with van der Waals surface area (Å²) in [5, 5.41) is 9.04. The second-order valence-electron chi connectivity index (χ2n) is 5.97. The fourth-order valence-corrected chi connectivity index (χ4v) is 2.32. The fraction of sp³-hybridized carbons (Fsp3) is 0.350. The number of hydrogen-bond donors (Lipinski definition) is 3. The van der Waals surface area contributed by atoms with Gasteiger partial charge in [0.2, 0.25) is 5.91 Å². The summed E-state index contributed by atoms with van der Waals surface area (Å²) in [6.45, 7) is 5.11. The molecule has 0 saturated heterocycles. The van der Waals surface area contributed by atoms with E-state index < -0.39 is 0 Å². The predicted octanol–water partition coefficient (Wildman–Crippen LogP) is 2.05. The molecular weight excluding hydrogens is 358 g/mol. The van der Waals surface area contributed by atoms with Crippen LogP contribution in [-0.4, -0.2) is 49.7 Å². The van der Waals surface area contributed by atoms with Crippen molar-refractivity contribution in [2.75, 3.05) is 32.1 Å². The molecular formula is C20H27N5O3. The molecule has 0 aliphatic rings. The number of carbonyl (C=O) groups excluding carboxylic acids is 1. The Morgan fingerprint density at radius 1 is 1.21 bits per heavy atom. The van der Waals surface area contributed by atoms with Gasteiger partial charge in [-0.25, -0.2) is 4.99 Å². The second-order valence-corrected chi connectivity index (χ2v) is 5.97. The van der Waals surface area contributed by atoms with Crippen LogP contribution in [-0.2, 0) is 4.79 Å². The quantitative estimate of drug-likeness (QED) is 0.452. The third-order valence-corrected chi connectivity index (χ3v) is 3.61. The van der Waals surface area contributed by atoms with Crippen LogP contribution in [0, 0.1) is 0 Å². The Kier molecular flexibility index (Phi) is 8.58. The fourth-order valence-electron chi connectivity index (χ4n) is 2.32. The summed E-state index contributed by atoms with van der Waals surface area (Å²) in [5.41, 5.74) is 0.640. The van der Waals surface area contributed by atoms with Gasteiger partial charge >= 0.3 is 0 Å². The van der Waals surface area contributed by atoms with Crippen molar-refractivity contribution in [2.45, 2.75) is 20.0 Å². The summed E-state index contributed by atoms with van der Waals surface area (Å²) in [6.07, 6.45) is 3.12. The van der Waals surface area contributed by atoms with Crippen molar-refractivity contribution in [1.29, 1.82) is 0 Å². The number of ether oxygens (including phenoxy) is 2. The lowest BCUT2D eigenvalue weighted by atomic mass is 10.3. The molecule has 0 fully saturated rings. The van der Waals surface area contributed by atoms with Gasteiger partial charge in [0.25, 0.3) is 0 Å². The van der Waals surface area contributed by atoms with E-state index >= 15 is 0 Å². The van der Waals surface area contributed by atoms with Crippen LogP contribution in [0.25, 0.3) is 0 Å². The van der Waals surface area contributed by atoms with E-state index in [1.807, 2.05) is 38.1 Å². The molecule has 1 unspecified atom stereocenters. The number of carbonyl (C=O) groups is 1. The molecule has 1 heterocycles. The maximum absolute atomic E-state index is 12.0. The molecule has 2 aromatic rings. The van der Waals surface area contributed by atoms with Crippen molar-refractivity contribution in [3.63, 3.8) is 0 Å². The summed E-state index contributed by atoms with van der Waals surface area (Å²) >= 11 is 0. The zero-order valence-corrected chi connectivity index (χ0v) is 16.4. The first-order valence-corrected chi connectivity index (χ1v) is 9.13. The van der Waals surface area contributed by atoms with Gasteiger partial charge in [-0.05, 0) is 38.1 Å². The first-order chi connectivity index (χ1) is 13.6. The first-order valence-electron chi connectivity index (χ1n) is 9.13. The molecule has 28 heavy (non-hydrogen) atoms. The summed E-state index contributed by atoms with van der Waals surface area (Å²) in [5.74, 6) is 1.80. The highest BCUT2D eigenvalue weighted by molar-refractivity contribution is 5.93. The van der Waals surface area contributed by atoms with Gasteiger partial charge in [0.15, 0.2) is 5.96 Å². The van der Waals surface area contributed by atoms with E-state index in [1.54, 1.807) is 31.6 Å². The maximum atomic E-state index is 12.0. The predicted molar refractivity (Wildman–Crippen MR) is 110 cm³/mol. The van der Waals surface area contributed by atoms with Gasteiger partial charge in [-0.1, -0.05) is 6.07 Å². The minimum Gasteiger partial charge on any atom is -0.497 e. The number of rotatable bonds is 9. The highest BCUT2D eigenvalue weighted by Crippen LogP contribution is 2.19. The molecule has 0 saturated carbocycles. The average molecular weight is 385 g/mol. The number of nitrogens with zero attached hydrogens (tertiary/aromatic N) is 2.